The van der Waals surface area contributed by atoms with E-state index in [2.05, 4.69) is 20.3 Å². The van der Waals surface area contributed by atoms with Crippen molar-refractivity contribution >= 4 is 21.4 Å². The van der Waals surface area contributed by atoms with Gasteiger partial charge in [0.2, 0.25) is 0 Å². The molecule has 0 amide bonds. The lowest BCUT2D eigenvalue weighted by molar-refractivity contribution is -0.404. The molecule has 27 heavy (non-hydrogen) atoms. The van der Waals surface area contributed by atoms with E-state index < -0.39 is 14.9 Å². The molecule has 0 radical (unpaired) electrons. The van der Waals surface area contributed by atoms with Gasteiger partial charge in [0.25, 0.3) is 16.2 Å². The molecule has 0 aliphatic carbocycles. The second-order valence-corrected chi connectivity index (χ2v) is 7.75. The standard InChI is InChI=1S/C17H21N5O4S/c1-12(2)19-17(11-22(23)24)21-27(25,26)16-10-18-8-7-15(16)20-14-6-4-5-13(3)9-14/h4-12,19,21H,1-3H3,(H,18,20)/b17-11-. The lowest BCUT2D eigenvalue weighted by Crippen LogP contribution is -2.35. The highest BCUT2D eigenvalue weighted by atomic mass is 32.2. The molecule has 0 aliphatic rings. The average molecular weight is 391 g/mol. The summed E-state index contributed by atoms with van der Waals surface area (Å²) in [7, 11) is -4.12. The highest BCUT2D eigenvalue weighted by Gasteiger charge is 2.22. The molecular formula is C17H21N5O4S. The van der Waals surface area contributed by atoms with Crippen LogP contribution in [0.3, 0.4) is 0 Å². The number of hydrogen-bond acceptors (Lipinski definition) is 7. The van der Waals surface area contributed by atoms with E-state index in [0.717, 1.165) is 5.56 Å². The quantitative estimate of drug-likeness (QED) is 0.466. The van der Waals surface area contributed by atoms with Crippen LogP contribution in [-0.2, 0) is 10.0 Å². The van der Waals surface area contributed by atoms with Gasteiger partial charge >= 0.3 is 0 Å². The van der Waals surface area contributed by atoms with Gasteiger partial charge in [-0.1, -0.05) is 12.1 Å². The summed E-state index contributed by atoms with van der Waals surface area (Å²) < 4.78 is 27.8. The van der Waals surface area contributed by atoms with Crippen LogP contribution in [0.25, 0.3) is 0 Å². The average Bonchev–Trinajstić information content (AvgIpc) is 2.53. The third kappa shape index (κ3) is 5.96. The molecule has 144 valence electrons. The Morgan fingerprint density at radius 3 is 2.67 bits per heavy atom. The van der Waals surface area contributed by atoms with Crippen molar-refractivity contribution in [3.63, 3.8) is 0 Å². The van der Waals surface area contributed by atoms with Gasteiger partial charge in [-0.05, 0) is 44.5 Å². The smallest absolute Gasteiger partial charge is 0.275 e. The maximum absolute atomic E-state index is 12.8. The van der Waals surface area contributed by atoms with E-state index in [4.69, 9.17) is 0 Å². The first kappa shape index (κ1) is 20.2. The third-order valence-corrected chi connectivity index (χ3v) is 4.69. The first-order valence-electron chi connectivity index (χ1n) is 8.10. The molecule has 1 aromatic carbocycles. The van der Waals surface area contributed by atoms with Crippen LogP contribution in [0, 0.1) is 17.0 Å². The zero-order valence-corrected chi connectivity index (χ0v) is 15.9. The second kappa shape index (κ2) is 8.49. The van der Waals surface area contributed by atoms with Crippen molar-refractivity contribution in [2.75, 3.05) is 5.32 Å². The van der Waals surface area contributed by atoms with Crippen molar-refractivity contribution in [2.45, 2.75) is 31.7 Å². The summed E-state index contributed by atoms with van der Waals surface area (Å²) in [4.78, 5) is 13.8. The molecule has 3 N–H and O–H groups in total. The molecule has 0 aliphatic heterocycles. The summed E-state index contributed by atoms with van der Waals surface area (Å²) in [5.41, 5.74) is 2.01. The number of pyridine rings is 1. The molecule has 0 bridgehead atoms. The molecule has 10 heteroatoms. The normalized spacial score (nSPS) is 11.9. The molecule has 2 aromatic rings. The summed E-state index contributed by atoms with van der Waals surface area (Å²) >= 11 is 0. The Bertz CT molecular complexity index is 957. The zero-order valence-electron chi connectivity index (χ0n) is 15.1. The van der Waals surface area contributed by atoms with Gasteiger partial charge in [-0.25, -0.2) is 8.42 Å². The number of rotatable bonds is 8. The minimum atomic E-state index is -4.12. The van der Waals surface area contributed by atoms with Gasteiger partial charge in [0.05, 0.1) is 10.6 Å². The van der Waals surface area contributed by atoms with Crippen LogP contribution in [0.1, 0.15) is 19.4 Å². The fourth-order valence-corrected chi connectivity index (χ4v) is 3.40. The van der Waals surface area contributed by atoms with Gasteiger partial charge in [-0.15, -0.1) is 0 Å². The Balaban J connectivity index is 2.37. The Hall–Kier alpha value is -3.14. The highest BCUT2D eigenvalue weighted by molar-refractivity contribution is 7.89. The van der Waals surface area contributed by atoms with Crippen LogP contribution in [0.2, 0.25) is 0 Å². The molecule has 2 rings (SSSR count). The Morgan fingerprint density at radius 2 is 2.04 bits per heavy atom. The van der Waals surface area contributed by atoms with Gasteiger partial charge in [0.15, 0.2) is 5.82 Å². The van der Waals surface area contributed by atoms with Crippen molar-refractivity contribution in [3.8, 4) is 0 Å². The number of hydrogen-bond donors (Lipinski definition) is 3. The molecule has 0 spiro atoms. The van der Waals surface area contributed by atoms with Crippen LogP contribution < -0.4 is 15.4 Å². The Morgan fingerprint density at radius 1 is 1.30 bits per heavy atom. The highest BCUT2D eigenvalue weighted by Crippen LogP contribution is 2.24. The summed E-state index contributed by atoms with van der Waals surface area (Å²) in [5.74, 6) is -0.236. The van der Waals surface area contributed by atoms with E-state index in [-0.39, 0.29) is 16.8 Å². The first-order valence-corrected chi connectivity index (χ1v) is 9.58. The van der Waals surface area contributed by atoms with E-state index >= 15 is 0 Å². The number of sulfonamides is 1. The molecule has 9 nitrogen and oxygen atoms in total. The SMILES string of the molecule is Cc1cccc(Nc2ccncc2S(=O)(=O)N/C(=C\[N+](=O)[O-])NC(C)C)c1. The van der Waals surface area contributed by atoms with E-state index in [1.54, 1.807) is 19.9 Å². The molecule has 0 unspecified atom stereocenters. The lowest BCUT2D eigenvalue weighted by atomic mass is 10.2. The molecular weight excluding hydrogens is 370 g/mol. The van der Waals surface area contributed by atoms with Crippen molar-refractivity contribution in [2.24, 2.45) is 0 Å². The zero-order chi connectivity index (χ0) is 20.0. The largest absolute Gasteiger partial charge is 0.364 e. The number of nitrogens with one attached hydrogen (secondary N) is 3. The Kier molecular flexibility index (Phi) is 6.35. The van der Waals surface area contributed by atoms with Gasteiger partial charge in [0, 0.05) is 24.1 Å². The summed E-state index contributed by atoms with van der Waals surface area (Å²) in [5, 5.41) is 16.5. The van der Waals surface area contributed by atoms with Crippen LogP contribution in [0.5, 0.6) is 0 Å². The van der Waals surface area contributed by atoms with Crippen LogP contribution >= 0.6 is 0 Å². The number of anilines is 2. The summed E-state index contributed by atoms with van der Waals surface area (Å²) in [6.45, 7) is 5.39. The number of aromatic nitrogens is 1. The lowest BCUT2D eigenvalue weighted by Gasteiger charge is -2.16. The van der Waals surface area contributed by atoms with Crippen LogP contribution in [0.4, 0.5) is 11.4 Å². The third-order valence-electron chi connectivity index (χ3n) is 3.29. The minimum Gasteiger partial charge on any atom is -0.364 e. The summed E-state index contributed by atoms with van der Waals surface area (Å²) in [6, 6.07) is 8.73. The molecule has 1 aromatic heterocycles. The molecule has 1 heterocycles. The predicted octanol–water partition coefficient (Wildman–Crippen LogP) is 2.49. The fourth-order valence-electron chi connectivity index (χ4n) is 2.28. The van der Waals surface area contributed by atoms with E-state index in [0.29, 0.717) is 17.6 Å². The maximum atomic E-state index is 12.8. The monoisotopic (exact) mass is 391 g/mol. The van der Waals surface area contributed by atoms with Crippen molar-refractivity contribution in [1.29, 1.82) is 0 Å². The van der Waals surface area contributed by atoms with E-state index in [1.807, 2.05) is 25.1 Å². The van der Waals surface area contributed by atoms with Crippen LogP contribution in [0.15, 0.2) is 59.6 Å². The van der Waals surface area contributed by atoms with Crippen molar-refractivity contribution in [1.82, 2.24) is 15.0 Å². The topological polar surface area (TPSA) is 126 Å². The van der Waals surface area contributed by atoms with Crippen LogP contribution in [-0.4, -0.2) is 24.4 Å². The van der Waals surface area contributed by atoms with Crippen molar-refractivity contribution in [3.05, 3.63) is 70.4 Å². The van der Waals surface area contributed by atoms with E-state index in [1.165, 1.54) is 18.5 Å². The molecule has 0 saturated heterocycles. The van der Waals surface area contributed by atoms with Gasteiger partial charge < -0.3 is 10.6 Å². The first-order chi connectivity index (χ1) is 12.7. The molecule has 0 fully saturated rings. The van der Waals surface area contributed by atoms with Gasteiger partial charge in [-0.3, -0.25) is 19.8 Å². The Labute approximate surface area is 157 Å². The molecule has 0 atom stereocenters. The number of aryl methyl sites for hydroxylation is 1. The second-order valence-electron chi connectivity index (χ2n) is 6.10. The summed E-state index contributed by atoms with van der Waals surface area (Å²) in [6.07, 6.45) is 3.21. The van der Waals surface area contributed by atoms with Crippen molar-refractivity contribution < 1.29 is 13.3 Å². The maximum Gasteiger partial charge on any atom is 0.275 e. The molecule has 0 saturated carbocycles. The number of nitrogens with zero attached hydrogens (tertiary/aromatic N) is 2. The fraction of sp³-hybridized carbons (Fsp3) is 0.235. The minimum absolute atomic E-state index is 0.133. The van der Waals surface area contributed by atoms with E-state index in [9.17, 15) is 18.5 Å². The predicted molar refractivity (Wildman–Crippen MR) is 102 cm³/mol. The van der Waals surface area contributed by atoms with Gasteiger partial charge in [-0.2, -0.15) is 0 Å². The number of benzene rings is 1. The number of nitro groups is 1. The van der Waals surface area contributed by atoms with Gasteiger partial charge in [0.1, 0.15) is 4.90 Å².